The summed E-state index contributed by atoms with van der Waals surface area (Å²) in [5, 5.41) is 11.7. The van der Waals surface area contributed by atoms with Gasteiger partial charge in [0.2, 0.25) is 5.91 Å². The van der Waals surface area contributed by atoms with Crippen LogP contribution in [0.1, 0.15) is 27.8 Å². The first kappa shape index (κ1) is 18.6. The minimum atomic E-state index is -0.814. The lowest BCUT2D eigenvalue weighted by Crippen LogP contribution is -2.42. The van der Waals surface area contributed by atoms with Crippen molar-refractivity contribution in [1.82, 2.24) is 0 Å². The Hall–Kier alpha value is -4.00. The standard InChI is InChI=1S/C26H20N4O3/c31-25-26(15-33-24-12-23-18(9-10-32-23)11-20(24)26)19-3-1-2-4-22(19)30(25)14-16-5-7-17(8-6-16)21-13-27-29-28-21/h1-8,11-12H,9-10,13-15H2. The van der Waals surface area contributed by atoms with Gasteiger partial charge in [-0.3, -0.25) is 4.79 Å². The van der Waals surface area contributed by atoms with Gasteiger partial charge in [0.1, 0.15) is 30.1 Å². The Morgan fingerprint density at radius 3 is 2.70 bits per heavy atom. The van der Waals surface area contributed by atoms with Crippen molar-refractivity contribution in [3.05, 3.63) is 88.5 Å². The average Bonchev–Trinajstić information content (AvgIpc) is 3.64. The van der Waals surface area contributed by atoms with Gasteiger partial charge >= 0.3 is 0 Å². The van der Waals surface area contributed by atoms with Crippen LogP contribution in [-0.4, -0.2) is 31.4 Å². The van der Waals surface area contributed by atoms with E-state index in [1.807, 2.05) is 53.4 Å². The van der Waals surface area contributed by atoms with Crippen LogP contribution in [0.4, 0.5) is 5.69 Å². The molecule has 3 aromatic rings. The highest BCUT2D eigenvalue weighted by Gasteiger charge is 2.57. The maximum atomic E-state index is 14.1. The SMILES string of the molecule is O=C1N(Cc2ccc(C3=NN=NC3)cc2)c2ccccc2C12COc1cc3c(cc12)CCO3. The number of ether oxygens (including phenoxy) is 2. The second-order valence-corrected chi connectivity index (χ2v) is 8.79. The van der Waals surface area contributed by atoms with Crippen molar-refractivity contribution < 1.29 is 14.3 Å². The van der Waals surface area contributed by atoms with E-state index in [1.165, 1.54) is 0 Å². The summed E-state index contributed by atoms with van der Waals surface area (Å²) in [7, 11) is 0. The first-order chi connectivity index (χ1) is 16.2. The highest BCUT2D eigenvalue weighted by atomic mass is 16.5. The number of carbonyl (C=O) groups is 1. The van der Waals surface area contributed by atoms with Crippen LogP contribution in [0.15, 0.2) is 76.1 Å². The number of rotatable bonds is 3. The number of nitrogens with zero attached hydrogens (tertiary/aromatic N) is 4. The summed E-state index contributed by atoms with van der Waals surface area (Å²) < 4.78 is 11.8. The van der Waals surface area contributed by atoms with Gasteiger partial charge in [0.25, 0.3) is 0 Å². The third-order valence-electron chi connectivity index (χ3n) is 7.04. The quantitative estimate of drug-likeness (QED) is 0.622. The van der Waals surface area contributed by atoms with Crippen molar-refractivity contribution in [2.75, 3.05) is 24.7 Å². The Labute approximate surface area is 190 Å². The summed E-state index contributed by atoms with van der Waals surface area (Å²) >= 11 is 0. The van der Waals surface area contributed by atoms with Crippen LogP contribution < -0.4 is 14.4 Å². The second-order valence-electron chi connectivity index (χ2n) is 8.79. The van der Waals surface area contributed by atoms with Gasteiger partial charge in [-0.05, 0) is 39.6 Å². The van der Waals surface area contributed by atoms with E-state index in [9.17, 15) is 4.79 Å². The van der Waals surface area contributed by atoms with Crippen molar-refractivity contribution in [2.45, 2.75) is 18.4 Å². The Morgan fingerprint density at radius 2 is 1.85 bits per heavy atom. The molecule has 4 aliphatic rings. The molecule has 4 heterocycles. The monoisotopic (exact) mass is 436 g/mol. The minimum Gasteiger partial charge on any atom is -0.493 e. The molecule has 0 saturated heterocycles. The Balaban J connectivity index is 1.27. The maximum absolute atomic E-state index is 14.1. The molecule has 0 N–H and O–H groups in total. The molecule has 1 amide bonds. The Kier molecular flexibility index (Phi) is 3.80. The third-order valence-corrected chi connectivity index (χ3v) is 7.04. The molecule has 7 nitrogen and oxygen atoms in total. The molecule has 0 fully saturated rings. The highest BCUT2D eigenvalue weighted by Crippen LogP contribution is 2.54. The number of benzene rings is 3. The lowest BCUT2D eigenvalue weighted by molar-refractivity contribution is -0.122. The summed E-state index contributed by atoms with van der Waals surface area (Å²) in [6.45, 7) is 1.98. The number of hydrogen-bond acceptors (Lipinski definition) is 6. The zero-order valence-electron chi connectivity index (χ0n) is 17.8. The molecule has 0 saturated carbocycles. The zero-order chi connectivity index (χ0) is 22.0. The number of amides is 1. The van der Waals surface area contributed by atoms with Crippen molar-refractivity contribution >= 4 is 17.3 Å². The van der Waals surface area contributed by atoms with Gasteiger partial charge in [0.05, 0.1) is 18.9 Å². The Bertz CT molecular complexity index is 1380. The fraction of sp³-hybridized carbons (Fsp3) is 0.231. The lowest BCUT2D eigenvalue weighted by atomic mass is 9.76. The summed E-state index contributed by atoms with van der Waals surface area (Å²) in [6, 6.07) is 20.3. The van der Waals surface area contributed by atoms with Gasteiger partial charge in [-0.15, -0.1) is 5.10 Å². The number of fused-ring (bicyclic) bond motifs is 5. The summed E-state index contributed by atoms with van der Waals surface area (Å²) in [6.07, 6.45) is 0.858. The van der Waals surface area contributed by atoms with Gasteiger partial charge in [-0.1, -0.05) is 42.5 Å². The van der Waals surface area contributed by atoms with E-state index in [4.69, 9.17) is 9.47 Å². The van der Waals surface area contributed by atoms with Gasteiger partial charge < -0.3 is 14.4 Å². The van der Waals surface area contributed by atoms with Crippen molar-refractivity contribution in [3.63, 3.8) is 0 Å². The molecule has 3 aromatic carbocycles. The molecule has 1 atom stereocenters. The highest BCUT2D eigenvalue weighted by molar-refractivity contribution is 6.11. The average molecular weight is 436 g/mol. The second kappa shape index (κ2) is 6.75. The van der Waals surface area contributed by atoms with Crippen LogP contribution in [0.2, 0.25) is 0 Å². The van der Waals surface area contributed by atoms with E-state index >= 15 is 0 Å². The normalized spacial score (nSPS) is 21.6. The number of para-hydroxylation sites is 1. The van der Waals surface area contributed by atoms with Crippen LogP contribution in [0, 0.1) is 0 Å². The molecular weight excluding hydrogens is 416 g/mol. The van der Waals surface area contributed by atoms with Crippen molar-refractivity contribution in [3.8, 4) is 11.5 Å². The largest absolute Gasteiger partial charge is 0.493 e. The van der Waals surface area contributed by atoms with Gasteiger partial charge in [0.15, 0.2) is 0 Å². The molecule has 7 rings (SSSR count). The number of carbonyl (C=O) groups excluding carboxylic acids is 1. The van der Waals surface area contributed by atoms with Crippen LogP contribution in [-0.2, 0) is 23.2 Å². The Morgan fingerprint density at radius 1 is 0.970 bits per heavy atom. The van der Waals surface area contributed by atoms with Gasteiger partial charge in [-0.25, -0.2) is 0 Å². The first-order valence-electron chi connectivity index (χ1n) is 11.1. The van der Waals surface area contributed by atoms with E-state index in [-0.39, 0.29) is 5.91 Å². The van der Waals surface area contributed by atoms with Crippen LogP contribution in [0.3, 0.4) is 0 Å². The van der Waals surface area contributed by atoms with E-state index in [0.717, 1.165) is 57.1 Å². The van der Waals surface area contributed by atoms with Crippen molar-refractivity contribution in [1.29, 1.82) is 0 Å². The third kappa shape index (κ3) is 2.56. The van der Waals surface area contributed by atoms with Gasteiger partial charge in [0, 0.05) is 23.7 Å². The van der Waals surface area contributed by atoms with Crippen LogP contribution >= 0.6 is 0 Å². The smallest absolute Gasteiger partial charge is 0.246 e. The topological polar surface area (TPSA) is 75.9 Å². The fourth-order valence-electron chi connectivity index (χ4n) is 5.35. The first-order valence-corrected chi connectivity index (χ1v) is 11.1. The van der Waals surface area contributed by atoms with Gasteiger partial charge in [-0.2, -0.15) is 5.11 Å². The summed E-state index contributed by atoms with van der Waals surface area (Å²) in [5.41, 5.74) is 6.14. The molecule has 162 valence electrons. The van der Waals surface area contributed by atoms with E-state index in [2.05, 4.69) is 27.6 Å². The molecule has 1 unspecified atom stereocenters. The molecule has 1 spiro atoms. The van der Waals surface area contributed by atoms with E-state index < -0.39 is 5.41 Å². The molecular formula is C26H20N4O3. The minimum absolute atomic E-state index is 0.0585. The van der Waals surface area contributed by atoms with E-state index in [0.29, 0.717) is 26.3 Å². The predicted molar refractivity (Wildman–Crippen MR) is 122 cm³/mol. The number of anilines is 1. The van der Waals surface area contributed by atoms with Crippen LogP contribution in [0.5, 0.6) is 11.5 Å². The predicted octanol–water partition coefficient (Wildman–Crippen LogP) is 4.02. The maximum Gasteiger partial charge on any atom is 0.246 e. The molecule has 0 aromatic heterocycles. The lowest BCUT2D eigenvalue weighted by Gasteiger charge is -2.23. The molecule has 7 heteroatoms. The van der Waals surface area contributed by atoms with E-state index in [1.54, 1.807) is 0 Å². The van der Waals surface area contributed by atoms with Crippen LogP contribution in [0.25, 0.3) is 0 Å². The summed E-state index contributed by atoms with van der Waals surface area (Å²) in [4.78, 5) is 16.0. The zero-order valence-corrected chi connectivity index (χ0v) is 17.8. The molecule has 0 bridgehead atoms. The number of hydrogen-bond donors (Lipinski definition) is 0. The molecule has 0 aliphatic carbocycles. The molecule has 0 radical (unpaired) electrons. The molecule has 4 aliphatic heterocycles. The summed E-state index contributed by atoms with van der Waals surface area (Å²) in [5.74, 6) is 1.68. The molecule has 33 heavy (non-hydrogen) atoms. The fourth-order valence-corrected chi connectivity index (χ4v) is 5.35. The van der Waals surface area contributed by atoms with Crippen molar-refractivity contribution in [2.24, 2.45) is 15.4 Å².